The highest BCUT2D eigenvalue weighted by atomic mass is 16.5. The van der Waals surface area contributed by atoms with Crippen molar-refractivity contribution < 1.29 is 19.1 Å². The van der Waals surface area contributed by atoms with Crippen molar-refractivity contribution >= 4 is 23.5 Å². The molecule has 0 saturated carbocycles. The first-order valence-corrected chi connectivity index (χ1v) is 8.93. The summed E-state index contributed by atoms with van der Waals surface area (Å²) in [6.07, 6.45) is 1.66. The number of urea groups is 1. The molecule has 26 heavy (non-hydrogen) atoms. The molecule has 3 N–H and O–H groups in total. The van der Waals surface area contributed by atoms with Crippen molar-refractivity contribution in [2.24, 2.45) is 5.92 Å². The molecule has 8 nitrogen and oxygen atoms in total. The number of nitrogens with zero attached hydrogens (tertiary/aromatic N) is 1. The normalized spacial score (nSPS) is 21.6. The van der Waals surface area contributed by atoms with Crippen LogP contribution in [-0.2, 0) is 9.59 Å². The molecule has 8 heteroatoms. The van der Waals surface area contributed by atoms with E-state index in [-0.39, 0.29) is 36.4 Å². The molecule has 4 amide bonds. The third-order valence-electron chi connectivity index (χ3n) is 4.71. The molecule has 2 aliphatic rings. The molecule has 2 atom stereocenters. The Kier molecular flexibility index (Phi) is 5.60. The Morgan fingerprint density at radius 3 is 2.81 bits per heavy atom. The second kappa shape index (κ2) is 8.07. The van der Waals surface area contributed by atoms with E-state index in [0.717, 1.165) is 12.8 Å². The van der Waals surface area contributed by atoms with Crippen LogP contribution in [0.25, 0.3) is 0 Å². The van der Waals surface area contributed by atoms with Crippen LogP contribution in [0.15, 0.2) is 24.3 Å². The van der Waals surface area contributed by atoms with Crippen molar-refractivity contribution in [3.05, 3.63) is 24.3 Å². The predicted molar refractivity (Wildman–Crippen MR) is 95.9 cm³/mol. The molecule has 3 rings (SSSR count). The van der Waals surface area contributed by atoms with E-state index in [1.54, 1.807) is 29.2 Å². The van der Waals surface area contributed by atoms with Gasteiger partial charge in [-0.25, -0.2) is 4.79 Å². The molecule has 0 bridgehead atoms. The van der Waals surface area contributed by atoms with Gasteiger partial charge in [0.25, 0.3) is 5.91 Å². The van der Waals surface area contributed by atoms with E-state index in [4.69, 9.17) is 4.74 Å². The Morgan fingerprint density at radius 1 is 1.31 bits per heavy atom. The minimum Gasteiger partial charge on any atom is -0.484 e. The number of nitrogens with one attached hydrogen (secondary N) is 3. The molecule has 0 aliphatic carbocycles. The monoisotopic (exact) mass is 360 g/mol. The van der Waals surface area contributed by atoms with Gasteiger partial charge in [-0.1, -0.05) is 0 Å². The molecule has 0 unspecified atom stereocenters. The Balaban J connectivity index is 1.54. The van der Waals surface area contributed by atoms with Gasteiger partial charge in [0.05, 0.1) is 12.0 Å². The van der Waals surface area contributed by atoms with Gasteiger partial charge in [-0.15, -0.1) is 0 Å². The Morgan fingerprint density at radius 2 is 2.08 bits per heavy atom. The fourth-order valence-corrected chi connectivity index (χ4v) is 3.43. The molecule has 2 heterocycles. The maximum absolute atomic E-state index is 12.6. The third-order valence-corrected chi connectivity index (χ3v) is 4.71. The van der Waals surface area contributed by atoms with Gasteiger partial charge in [0.2, 0.25) is 5.91 Å². The lowest BCUT2D eigenvalue weighted by Crippen LogP contribution is -2.50. The highest BCUT2D eigenvalue weighted by Crippen LogP contribution is 2.28. The highest BCUT2D eigenvalue weighted by Gasteiger charge is 2.42. The minimum absolute atomic E-state index is 0.0427. The second-order valence-electron chi connectivity index (χ2n) is 6.45. The average Bonchev–Trinajstić information content (AvgIpc) is 3.02. The van der Waals surface area contributed by atoms with Gasteiger partial charge in [-0.05, 0) is 44.0 Å². The summed E-state index contributed by atoms with van der Waals surface area (Å²) in [6.45, 7) is 3.53. The number of ether oxygens (including phenoxy) is 1. The first-order valence-electron chi connectivity index (χ1n) is 8.93. The van der Waals surface area contributed by atoms with Gasteiger partial charge in [0.15, 0.2) is 6.61 Å². The van der Waals surface area contributed by atoms with Crippen molar-refractivity contribution in [3.63, 3.8) is 0 Å². The maximum Gasteiger partial charge on any atom is 0.322 e. The highest BCUT2D eigenvalue weighted by molar-refractivity contribution is 5.91. The van der Waals surface area contributed by atoms with Crippen LogP contribution in [0.5, 0.6) is 5.75 Å². The number of amides is 4. The average molecular weight is 360 g/mol. The maximum atomic E-state index is 12.6. The number of likely N-dealkylation sites (N-methyl/N-ethyl adjacent to an activating group) is 1. The fraction of sp³-hybridized carbons (Fsp3) is 0.500. The predicted octanol–water partition coefficient (Wildman–Crippen LogP) is 0.944. The van der Waals surface area contributed by atoms with Crippen LogP contribution in [0.4, 0.5) is 10.5 Å². The number of piperidine rings is 1. The minimum atomic E-state index is -0.202. The topological polar surface area (TPSA) is 99.8 Å². The first kappa shape index (κ1) is 18.0. The van der Waals surface area contributed by atoms with Gasteiger partial charge in [-0.2, -0.15) is 0 Å². The van der Waals surface area contributed by atoms with Gasteiger partial charge in [0, 0.05) is 25.3 Å². The molecule has 0 radical (unpaired) electrons. The summed E-state index contributed by atoms with van der Waals surface area (Å²) in [5, 5.41) is 8.36. The zero-order valence-corrected chi connectivity index (χ0v) is 14.8. The van der Waals surface area contributed by atoms with E-state index < -0.39 is 0 Å². The number of anilines is 1. The number of rotatable bonds is 5. The van der Waals surface area contributed by atoms with Crippen molar-refractivity contribution in [2.75, 3.05) is 31.6 Å². The smallest absolute Gasteiger partial charge is 0.322 e. The molecule has 1 aromatic carbocycles. The van der Waals surface area contributed by atoms with Gasteiger partial charge < -0.3 is 25.6 Å². The molecule has 2 fully saturated rings. The summed E-state index contributed by atoms with van der Waals surface area (Å²) in [7, 11) is 0. The summed E-state index contributed by atoms with van der Waals surface area (Å²) >= 11 is 0. The summed E-state index contributed by atoms with van der Waals surface area (Å²) in [6, 6.07) is 6.58. The quantitative estimate of drug-likeness (QED) is 0.728. The van der Waals surface area contributed by atoms with E-state index in [1.807, 2.05) is 6.92 Å². The summed E-state index contributed by atoms with van der Waals surface area (Å²) < 4.78 is 5.38. The molecule has 2 saturated heterocycles. The van der Waals surface area contributed by atoms with Crippen LogP contribution in [-0.4, -0.2) is 55.0 Å². The summed E-state index contributed by atoms with van der Waals surface area (Å²) in [5.41, 5.74) is 0.639. The number of benzene rings is 1. The number of likely N-dealkylation sites (tertiary alicyclic amines) is 1. The number of hydrogen-bond acceptors (Lipinski definition) is 4. The number of fused-ring (bicyclic) bond motifs is 1. The summed E-state index contributed by atoms with van der Waals surface area (Å²) in [5.74, 6) is 0.322. The molecule has 0 spiro atoms. The van der Waals surface area contributed by atoms with Crippen molar-refractivity contribution in [3.8, 4) is 5.75 Å². The van der Waals surface area contributed by atoms with E-state index in [2.05, 4.69) is 16.0 Å². The molecule has 2 aliphatic heterocycles. The molecule has 140 valence electrons. The Labute approximate surface area is 152 Å². The first-order chi connectivity index (χ1) is 12.6. The SMILES string of the molecule is CCNC(=O)COc1ccc(NC(=O)N2CCC[C@@H]3C(=O)NC[C@@H]32)cc1. The Bertz CT molecular complexity index is 676. The van der Waals surface area contributed by atoms with Crippen LogP contribution in [0.3, 0.4) is 0 Å². The molecular weight excluding hydrogens is 336 g/mol. The van der Waals surface area contributed by atoms with E-state index in [9.17, 15) is 14.4 Å². The summed E-state index contributed by atoms with van der Waals surface area (Å²) in [4.78, 5) is 37.5. The third kappa shape index (κ3) is 4.07. The number of hydrogen-bond donors (Lipinski definition) is 3. The molecular formula is C18H24N4O4. The second-order valence-corrected chi connectivity index (χ2v) is 6.45. The standard InChI is InChI=1S/C18H24N4O4/c1-2-19-16(23)11-26-13-7-5-12(6-8-13)21-18(25)22-9-3-4-14-15(22)10-20-17(14)24/h5-8,14-15H,2-4,9-11H2,1H3,(H,19,23)(H,20,24)(H,21,25)/t14-,15-/m0/s1. The van der Waals surface area contributed by atoms with E-state index in [1.165, 1.54) is 0 Å². The van der Waals surface area contributed by atoms with Gasteiger partial charge >= 0.3 is 6.03 Å². The van der Waals surface area contributed by atoms with Crippen LogP contribution in [0, 0.1) is 5.92 Å². The zero-order chi connectivity index (χ0) is 18.5. The number of carbonyl (C=O) groups excluding carboxylic acids is 3. The van der Waals surface area contributed by atoms with E-state index in [0.29, 0.717) is 31.1 Å². The van der Waals surface area contributed by atoms with Crippen LogP contribution >= 0.6 is 0 Å². The van der Waals surface area contributed by atoms with Crippen LogP contribution < -0.4 is 20.7 Å². The van der Waals surface area contributed by atoms with Crippen molar-refractivity contribution in [2.45, 2.75) is 25.8 Å². The van der Waals surface area contributed by atoms with Crippen molar-refractivity contribution in [1.29, 1.82) is 0 Å². The lowest BCUT2D eigenvalue weighted by Gasteiger charge is -2.35. The molecule has 0 aromatic heterocycles. The fourth-order valence-electron chi connectivity index (χ4n) is 3.43. The lowest BCUT2D eigenvalue weighted by molar-refractivity contribution is -0.124. The van der Waals surface area contributed by atoms with Crippen LogP contribution in [0.1, 0.15) is 19.8 Å². The van der Waals surface area contributed by atoms with Crippen LogP contribution in [0.2, 0.25) is 0 Å². The largest absolute Gasteiger partial charge is 0.484 e. The van der Waals surface area contributed by atoms with Crippen molar-refractivity contribution in [1.82, 2.24) is 15.5 Å². The van der Waals surface area contributed by atoms with E-state index >= 15 is 0 Å². The van der Waals surface area contributed by atoms with Gasteiger partial charge in [0.1, 0.15) is 5.75 Å². The lowest BCUT2D eigenvalue weighted by atomic mass is 9.92. The van der Waals surface area contributed by atoms with Gasteiger partial charge in [-0.3, -0.25) is 9.59 Å². The molecule has 1 aromatic rings. The number of carbonyl (C=O) groups is 3. The zero-order valence-electron chi connectivity index (χ0n) is 14.8. The Hall–Kier alpha value is -2.77.